The Kier molecular flexibility index (Phi) is 34.0. The van der Waals surface area contributed by atoms with Crippen LogP contribution in [0.3, 0.4) is 0 Å². The van der Waals surface area contributed by atoms with Gasteiger partial charge in [0.15, 0.2) is 6.10 Å². The molecule has 3 unspecified atom stereocenters. The molecule has 1 rings (SSSR count). The zero-order valence-electron chi connectivity index (χ0n) is 35.4. The summed E-state index contributed by atoms with van der Waals surface area (Å²) >= 11 is 0. The molecule has 0 aliphatic carbocycles. The lowest BCUT2D eigenvalue weighted by Crippen LogP contribution is -2.29. The SMILES string of the molecule is CC/C=C\CC1OC1C/C=C\C/C=C\C/C=C\C/C=C\CCC(=O)O[C@H](COC(=O)CCCCCCC/C=C\C/C=C\CCCCC)COP(=O)(O)OC[C@@H](O)CO. The molecule has 0 saturated carbocycles. The van der Waals surface area contributed by atoms with Crippen LogP contribution in [-0.4, -0.2) is 77.9 Å². The van der Waals surface area contributed by atoms with Gasteiger partial charge in [-0.2, -0.15) is 0 Å². The van der Waals surface area contributed by atoms with Crippen molar-refractivity contribution in [2.45, 2.75) is 167 Å². The van der Waals surface area contributed by atoms with Crippen LogP contribution in [-0.2, 0) is 37.4 Å². The van der Waals surface area contributed by atoms with Gasteiger partial charge in [0.05, 0.1) is 32.0 Å². The highest BCUT2D eigenvalue weighted by Crippen LogP contribution is 2.43. The first-order valence-corrected chi connectivity index (χ1v) is 23.2. The number of hydrogen-bond acceptors (Lipinski definition) is 10. The number of rotatable bonds is 38. The molecule has 1 fully saturated rings. The molecule has 1 saturated heterocycles. The zero-order chi connectivity index (χ0) is 42.4. The first kappa shape index (κ1) is 53.1. The van der Waals surface area contributed by atoms with Gasteiger partial charge < -0.3 is 29.3 Å². The van der Waals surface area contributed by atoms with Crippen molar-refractivity contribution >= 4 is 19.8 Å². The fourth-order valence-corrected chi connectivity index (χ4v) is 6.29. The second kappa shape index (κ2) is 37.1. The zero-order valence-corrected chi connectivity index (χ0v) is 36.3. The summed E-state index contributed by atoms with van der Waals surface area (Å²) in [6.07, 6.45) is 46.0. The van der Waals surface area contributed by atoms with E-state index in [0.29, 0.717) is 25.0 Å². The molecule has 0 aromatic heterocycles. The van der Waals surface area contributed by atoms with Crippen molar-refractivity contribution in [1.29, 1.82) is 0 Å². The molecule has 1 aliphatic rings. The smallest absolute Gasteiger partial charge is 0.462 e. The monoisotopic (exact) mass is 835 g/mol. The van der Waals surface area contributed by atoms with E-state index in [1.54, 1.807) is 0 Å². The first-order valence-electron chi connectivity index (χ1n) is 21.7. The summed E-state index contributed by atoms with van der Waals surface area (Å²) < 4.78 is 38.3. The minimum atomic E-state index is -4.65. The number of phosphoric acid groups is 1. The van der Waals surface area contributed by atoms with E-state index in [2.05, 4.69) is 91.3 Å². The fourth-order valence-electron chi connectivity index (χ4n) is 5.50. The van der Waals surface area contributed by atoms with Gasteiger partial charge in [-0.3, -0.25) is 18.6 Å². The maximum atomic E-state index is 12.6. The molecule has 5 atom stereocenters. The molecule has 1 heterocycles. The molecule has 0 aromatic rings. The lowest BCUT2D eigenvalue weighted by molar-refractivity contribution is -0.161. The molecule has 0 amide bonds. The number of carbonyl (C=O) groups is 2. The van der Waals surface area contributed by atoms with Crippen molar-refractivity contribution < 1.29 is 52.5 Å². The number of epoxide rings is 1. The Labute approximate surface area is 349 Å². The minimum Gasteiger partial charge on any atom is -0.462 e. The van der Waals surface area contributed by atoms with Gasteiger partial charge >= 0.3 is 19.8 Å². The number of aliphatic hydroxyl groups is 2. The third-order valence-electron chi connectivity index (χ3n) is 8.95. The molecule has 0 radical (unpaired) electrons. The van der Waals surface area contributed by atoms with Gasteiger partial charge in [-0.25, -0.2) is 4.57 Å². The predicted octanol–water partition coefficient (Wildman–Crippen LogP) is 10.4. The number of hydrogen-bond donors (Lipinski definition) is 3. The third-order valence-corrected chi connectivity index (χ3v) is 9.90. The van der Waals surface area contributed by atoms with Crippen molar-refractivity contribution in [2.75, 3.05) is 26.4 Å². The van der Waals surface area contributed by atoms with Crippen molar-refractivity contribution in [2.24, 2.45) is 0 Å². The molecule has 58 heavy (non-hydrogen) atoms. The topological polar surface area (TPSA) is 161 Å². The largest absolute Gasteiger partial charge is 0.472 e. The van der Waals surface area contributed by atoms with Crippen LogP contribution in [0.2, 0.25) is 0 Å². The molecule has 330 valence electrons. The average molecular weight is 835 g/mol. The summed E-state index contributed by atoms with van der Waals surface area (Å²) in [4.78, 5) is 35.0. The molecule has 0 spiro atoms. The number of ether oxygens (including phenoxy) is 3. The maximum Gasteiger partial charge on any atom is 0.472 e. The van der Waals surface area contributed by atoms with E-state index in [9.17, 15) is 24.2 Å². The first-order chi connectivity index (χ1) is 28.2. The molecule has 1 aliphatic heterocycles. The van der Waals surface area contributed by atoms with E-state index < -0.39 is 51.8 Å². The summed E-state index contributed by atoms with van der Waals surface area (Å²) in [5, 5.41) is 18.3. The van der Waals surface area contributed by atoms with Crippen LogP contribution in [0.4, 0.5) is 0 Å². The Hall–Kier alpha value is -2.89. The van der Waals surface area contributed by atoms with Gasteiger partial charge in [-0.05, 0) is 83.5 Å². The molecular formula is C46H75O11P. The van der Waals surface area contributed by atoms with Crippen LogP contribution in [0.5, 0.6) is 0 Å². The lowest BCUT2D eigenvalue weighted by Gasteiger charge is -2.20. The van der Waals surface area contributed by atoms with E-state index in [1.165, 1.54) is 19.3 Å². The van der Waals surface area contributed by atoms with Crippen LogP contribution in [0, 0.1) is 0 Å². The second-order valence-corrected chi connectivity index (χ2v) is 15.8. The van der Waals surface area contributed by atoms with E-state index in [-0.39, 0.29) is 19.4 Å². The molecule has 12 heteroatoms. The van der Waals surface area contributed by atoms with Crippen molar-refractivity contribution in [1.82, 2.24) is 0 Å². The van der Waals surface area contributed by atoms with Crippen molar-refractivity contribution in [3.05, 3.63) is 85.1 Å². The Morgan fingerprint density at radius 2 is 1.14 bits per heavy atom. The van der Waals surface area contributed by atoms with Crippen molar-refractivity contribution in [3.8, 4) is 0 Å². The lowest BCUT2D eigenvalue weighted by atomic mass is 10.1. The highest BCUT2D eigenvalue weighted by molar-refractivity contribution is 7.47. The Morgan fingerprint density at radius 1 is 0.621 bits per heavy atom. The number of aliphatic hydroxyl groups excluding tert-OH is 2. The minimum absolute atomic E-state index is 0.0479. The molecular weight excluding hydrogens is 759 g/mol. The van der Waals surface area contributed by atoms with Gasteiger partial charge in [0, 0.05) is 12.8 Å². The standard InChI is InChI=1S/C46H75O11P/c1-3-5-7-8-9-10-11-12-13-14-18-21-24-27-31-35-45(49)53-39-42(40-55-58(51,52)54-38-41(48)37-47)56-46(50)36-32-28-25-22-19-16-15-17-20-23-26-30-34-44-43(57-44)33-29-6-4-2/h6,9-10,12-13,16-17,19-20,25-26,28-30,41-44,47-48H,3-5,7-8,11,14-15,18,21-24,27,31-40H2,1-2H3,(H,51,52)/b10-9-,13-12-,19-16-,20-17-,28-25-,29-6-,30-26-/t41-,42+,43?,44?/m0/s1. The quantitative estimate of drug-likeness (QED) is 0.0178. The van der Waals surface area contributed by atoms with E-state index in [4.69, 9.17) is 23.8 Å². The molecule has 0 bridgehead atoms. The Morgan fingerprint density at radius 3 is 1.74 bits per heavy atom. The number of carbonyl (C=O) groups excluding carboxylic acids is 2. The second-order valence-electron chi connectivity index (χ2n) is 14.4. The summed E-state index contributed by atoms with van der Waals surface area (Å²) in [6.45, 7) is 2.11. The number of esters is 2. The van der Waals surface area contributed by atoms with Gasteiger partial charge in [-0.1, -0.05) is 131 Å². The molecule has 3 N–H and O–H groups in total. The van der Waals surface area contributed by atoms with Crippen molar-refractivity contribution in [3.63, 3.8) is 0 Å². The predicted molar refractivity (Wildman–Crippen MR) is 232 cm³/mol. The maximum absolute atomic E-state index is 12.6. The third kappa shape index (κ3) is 34.0. The number of phosphoric ester groups is 1. The van der Waals surface area contributed by atoms with Gasteiger partial charge in [0.1, 0.15) is 12.7 Å². The summed E-state index contributed by atoms with van der Waals surface area (Å²) in [6, 6.07) is 0. The number of allylic oxidation sites excluding steroid dienone is 12. The van der Waals surface area contributed by atoms with Crippen LogP contribution in [0.1, 0.15) is 142 Å². The van der Waals surface area contributed by atoms with Crippen LogP contribution >= 0.6 is 7.82 Å². The Balaban J connectivity index is 2.32. The van der Waals surface area contributed by atoms with Crippen LogP contribution in [0.15, 0.2) is 85.1 Å². The number of unbranched alkanes of at least 4 members (excludes halogenated alkanes) is 8. The fraction of sp³-hybridized carbons (Fsp3) is 0.652. The van der Waals surface area contributed by atoms with Gasteiger partial charge in [0.25, 0.3) is 0 Å². The summed E-state index contributed by atoms with van der Waals surface area (Å²) in [5.41, 5.74) is 0. The average Bonchev–Trinajstić information content (AvgIpc) is 3.97. The molecule has 11 nitrogen and oxygen atoms in total. The normalized spacial score (nSPS) is 18.2. The van der Waals surface area contributed by atoms with Crippen LogP contribution < -0.4 is 0 Å². The van der Waals surface area contributed by atoms with E-state index in [1.807, 2.05) is 12.2 Å². The summed E-state index contributed by atoms with van der Waals surface area (Å²) in [5.74, 6) is -1.05. The van der Waals surface area contributed by atoms with Crippen LogP contribution in [0.25, 0.3) is 0 Å². The molecule has 0 aromatic carbocycles. The highest BCUT2D eigenvalue weighted by atomic mass is 31.2. The highest BCUT2D eigenvalue weighted by Gasteiger charge is 2.36. The van der Waals surface area contributed by atoms with E-state index >= 15 is 0 Å². The van der Waals surface area contributed by atoms with E-state index in [0.717, 1.165) is 83.5 Å². The Bertz CT molecular complexity index is 1300. The summed E-state index contributed by atoms with van der Waals surface area (Å²) in [7, 11) is -4.65. The van der Waals surface area contributed by atoms with Gasteiger partial charge in [0.2, 0.25) is 0 Å². The van der Waals surface area contributed by atoms with Gasteiger partial charge in [-0.15, -0.1) is 0 Å².